The molecule has 0 spiro atoms. The molecule has 0 fully saturated rings. The predicted octanol–water partition coefficient (Wildman–Crippen LogP) is 4.53. The van der Waals surface area contributed by atoms with Crippen LogP contribution in [0, 0.1) is 5.82 Å². The van der Waals surface area contributed by atoms with Crippen molar-refractivity contribution in [2.45, 2.75) is 12.4 Å². The topological polar surface area (TPSA) is 35.2 Å². The lowest BCUT2D eigenvalue weighted by molar-refractivity contribution is -0.274. The van der Waals surface area contributed by atoms with E-state index in [0.29, 0.717) is 10.0 Å². The molecule has 0 aliphatic rings. The van der Waals surface area contributed by atoms with Crippen LogP contribution in [-0.2, 0) is 0 Å². The number of ether oxygens (including phenoxy) is 1. The van der Waals surface area contributed by atoms with E-state index in [2.05, 4.69) is 20.7 Å². The van der Waals surface area contributed by atoms with Crippen molar-refractivity contribution in [1.82, 2.24) is 0 Å². The van der Waals surface area contributed by atoms with Crippen molar-refractivity contribution in [2.24, 2.45) is 5.73 Å². The van der Waals surface area contributed by atoms with Crippen molar-refractivity contribution in [3.8, 4) is 5.75 Å². The lowest BCUT2D eigenvalue weighted by atomic mass is 9.99. The van der Waals surface area contributed by atoms with E-state index in [1.807, 2.05) is 0 Å². The summed E-state index contributed by atoms with van der Waals surface area (Å²) >= 11 is 3.14. The van der Waals surface area contributed by atoms with Crippen LogP contribution in [0.2, 0.25) is 0 Å². The molecule has 2 aromatic rings. The van der Waals surface area contributed by atoms with Gasteiger partial charge in [0.2, 0.25) is 0 Å². The van der Waals surface area contributed by atoms with E-state index < -0.39 is 18.2 Å². The van der Waals surface area contributed by atoms with E-state index in [0.717, 1.165) is 12.1 Å². The molecule has 2 rings (SSSR count). The standard InChI is InChI=1S/C14H10BrF4NO/c15-9-3-6-11(12(16)7-9)13(20)8-1-4-10(5-2-8)21-14(17,18)19/h1-7,13H,20H2/t13-/m1/s1. The number of benzene rings is 2. The predicted molar refractivity (Wildman–Crippen MR) is 73.3 cm³/mol. The van der Waals surface area contributed by atoms with Crippen molar-refractivity contribution in [1.29, 1.82) is 0 Å². The molecular formula is C14H10BrF4NO. The second kappa shape index (κ2) is 6.03. The van der Waals surface area contributed by atoms with Gasteiger partial charge in [-0.3, -0.25) is 0 Å². The van der Waals surface area contributed by atoms with Crippen molar-refractivity contribution in [3.63, 3.8) is 0 Å². The summed E-state index contributed by atoms with van der Waals surface area (Å²) < 4.78 is 54.3. The summed E-state index contributed by atoms with van der Waals surface area (Å²) in [5.74, 6) is -0.845. The summed E-state index contributed by atoms with van der Waals surface area (Å²) in [5.41, 5.74) is 6.66. The van der Waals surface area contributed by atoms with E-state index in [-0.39, 0.29) is 11.3 Å². The minimum Gasteiger partial charge on any atom is -0.406 e. The van der Waals surface area contributed by atoms with Crippen LogP contribution in [0.15, 0.2) is 46.9 Å². The van der Waals surface area contributed by atoms with Gasteiger partial charge >= 0.3 is 6.36 Å². The smallest absolute Gasteiger partial charge is 0.406 e. The Morgan fingerprint density at radius 3 is 2.19 bits per heavy atom. The summed E-state index contributed by atoms with van der Waals surface area (Å²) in [6.07, 6.45) is -4.75. The van der Waals surface area contributed by atoms with Crippen LogP contribution in [0.1, 0.15) is 17.2 Å². The third-order valence-corrected chi connectivity index (χ3v) is 3.26. The Morgan fingerprint density at radius 2 is 1.67 bits per heavy atom. The van der Waals surface area contributed by atoms with E-state index >= 15 is 0 Å². The van der Waals surface area contributed by atoms with Gasteiger partial charge in [0.05, 0.1) is 6.04 Å². The number of alkyl halides is 3. The second-order valence-electron chi connectivity index (χ2n) is 4.26. The Balaban J connectivity index is 2.22. The summed E-state index contributed by atoms with van der Waals surface area (Å²) in [6, 6.07) is 8.66. The van der Waals surface area contributed by atoms with Gasteiger partial charge in [0.25, 0.3) is 0 Å². The fraction of sp³-hybridized carbons (Fsp3) is 0.143. The van der Waals surface area contributed by atoms with Crippen LogP contribution in [0.25, 0.3) is 0 Å². The molecule has 7 heteroatoms. The normalized spacial score (nSPS) is 13.0. The van der Waals surface area contributed by atoms with Gasteiger partial charge in [-0.2, -0.15) is 0 Å². The average Bonchev–Trinajstić information content (AvgIpc) is 2.37. The van der Waals surface area contributed by atoms with E-state index in [4.69, 9.17) is 5.73 Å². The van der Waals surface area contributed by atoms with Crippen molar-refractivity contribution in [2.75, 3.05) is 0 Å². The van der Waals surface area contributed by atoms with Gasteiger partial charge in [0.15, 0.2) is 0 Å². The Morgan fingerprint density at radius 1 is 1.05 bits per heavy atom. The molecule has 21 heavy (non-hydrogen) atoms. The first-order valence-corrected chi connectivity index (χ1v) is 6.62. The molecule has 0 aromatic heterocycles. The highest BCUT2D eigenvalue weighted by Gasteiger charge is 2.31. The highest BCUT2D eigenvalue weighted by atomic mass is 79.9. The maximum atomic E-state index is 13.8. The largest absolute Gasteiger partial charge is 0.573 e. The number of hydrogen-bond donors (Lipinski definition) is 1. The lowest BCUT2D eigenvalue weighted by Crippen LogP contribution is -2.17. The SMILES string of the molecule is N[C@H](c1ccc(OC(F)(F)F)cc1)c1ccc(Br)cc1F. The van der Waals surface area contributed by atoms with Gasteiger partial charge in [-0.05, 0) is 29.8 Å². The average molecular weight is 364 g/mol. The zero-order valence-corrected chi connectivity index (χ0v) is 12.1. The van der Waals surface area contributed by atoms with Crippen LogP contribution in [0.3, 0.4) is 0 Å². The fourth-order valence-corrected chi connectivity index (χ4v) is 2.14. The molecule has 2 nitrogen and oxygen atoms in total. The van der Waals surface area contributed by atoms with E-state index in [1.165, 1.54) is 24.3 Å². The van der Waals surface area contributed by atoms with Gasteiger partial charge in [-0.25, -0.2) is 4.39 Å². The van der Waals surface area contributed by atoms with Crippen molar-refractivity contribution < 1.29 is 22.3 Å². The molecule has 112 valence electrons. The third kappa shape index (κ3) is 4.18. The van der Waals surface area contributed by atoms with Crippen molar-refractivity contribution >= 4 is 15.9 Å². The first kappa shape index (κ1) is 15.8. The van der Waals surface area contributed by atoms with Crippen LogP contribution in [-0.4, -0.2) is 6.36 Å². The van der Waals surface area contributed by atoms with Crippen LogP contribution < -0.4 is 10.5 Å². The summed E-state index contributed by atoms with van der Waals surface area (Å²) in [4.78, 5) is 0. The minimum absolute atomic E-state index is 0.252. The van der Waals surface area contributed by atoms with Crippen LogP contribution in [0.5, 0.6) is 5.75 Å². The summed E-state index contributed by atoms with van der Waals surface area (Å²) in [6.45, 7) is 0. The molecule has 0 bridgehead atoms. The highest BCUT2D eigenvalue weighted by Crippen LogP contribution is 2.28. The first-order chi connectivity index (χ1) is 9.76. The van der Waals surface area contributed by atoms with E-state index in [9.17, 15) is 17.6 Å². The Labute approximate surface area is 126 Å². The van der Waals surface area contributed by atoms with Crippen molar-refractivity contribution in [3.05, 3.63) is 63.9 Å². The first-order valence-electron chi connectivity index (χ1n) is 5.82. The molecule has 1 atom stereocenters. The second-order valence-corrected chi connectivity index (χ2v) is 5.18. The zero-order chi connectivity index (χ0) is 15.6. The molecular weight excluding hydrogens is 354 g/mol. The number of rotatable bonds is 3. The maximum Gasteiger partial charge on any atom is 0.573 e. The molecule has 0 saturated heterocycles. The fourth-order valence-electron chi connectivity index (χ4n) is 1.81. The summed E-state index contributed by atoms with van der Waals surface area (Å²) in [7, 11) is 0. The molecule has 0 aliphatic carbocycles. The quantitative estimate of drug-likeness (QED) is 0.812. The lowest BCUT2D eigenvalue weighted by Gasteiger charge is -2.15. The van der Waals surface area contributed by atoms with Gasteiger partial charge < -0.3 is 10.5 Å². The van der Waals surface area contributed by atoms with Crippen LogP contribution >= 0.6 is 15.9 Å². The van der Waals surface area contributed by atoms with Crippen LogP contribution in [0.4, 0.5) is 17.6 Å². The Kier molecular flexibility index (Phi) is 4.53. The minimum atomic E-state index is -4.75. The van der Waals surface area contributed by atoms with Gasteiger partial charge in [-0.15, -0.1) is 13.2 Å². The number of halogens is 5. The maximum absolute atomic E-state index is 13.8. The molecule has 0 saturated carbocycles. The molecule has 0 amide bonds. The number of hydrogen-bond acceptors (Lipinski definition) is 2. The van der Waals surface area contributed by atoms with Gasteiger partial charge in [-0.1, -0.05) is 34.1 Å². The third-order valence-electron chi connectivity index (χ3n) is 2.77. The molecule has 2 aromatic carbocycles. The van der Waals surface area contributed by atoms with E-state index in [1.54, 1.807) is 6.07 Å². The highest BCUT2D eigenvalue weighted by molar-refractivity contribution is 9.10. The Bertz CT molecular complexity index is 628. The molecule has 0 radical (unpaired) electrons. The van der Waals surface area contributed by atoms with Gasteiger partial charge in [0, 0.05) is 10.0 Å². The molecule has 0 heterocycles. The Hall–Kier alpha value is -1.60. The number of nitrogens with two attached hydrogens (primary N) is 1. The summed E-state index contributed by atoms with van der Waals surface area (Å²) in [5, 5.41) is 0. The molecule has 0 unspecified atom stereocenters. The van der Waals surface area contributed by atoms with Gasteiger partial charge in [0.1, 0.15) is 11.6 Å². The molecule has 0 aliphatic heterocycles. The monoisotopic (exact) mass is 363 g/mol. The molecule has 2 N–H and O–H groups in total. The zero-order valence-electron chi connectivity index (χ0n) is 10.5.